The third-order valence-corrected chi connectivity index (χ3v) is 5.65. The van der Waals surface area contributed by atoms with E-state index in [4.69, 9.17) is 23.2 Å². The number of aromatic nitrogens is 1. The van der Waals surface area contributed by atoms with Gasteiger partial charge in [0.05, 0.1) is 17.1 Å². The lowest BCUT2D eigenvalue weighted by molar-refractivity contribution is -0.129. The summed E-state index contributed by atoms with van der Waals surface area (Å²) in [4.78, 5) is 19.0. The van der Waals surface area contributed by atoms with Gasteiger partial charge in [0, 0.05) is 29.1 Å². The van der Waals surface area contributed by atoms with E-state index in [2.05, 4.69) is 10.3 Å². The highest BCUT2D eigenvalue weighted by atomic mass is 35.5. The van der Waals surface area contributed by atoms with Crippen molar-refractivity contribution >= 4 is 40.4 Å². The van der Waals surface area contributed by atoms with Crippen molar-refractivity contribution in [2.75, 3.05) is 26.7 Å². The van der Waals surface area contributed by atoms with Crippen LogP contribution in [0.25, 0.3) is 10.6 Å². The van der Waals surface area contributed by atoms with Crippen molar-refractivity contribution < 1.29 is 4.79 Å². The third-order valence-electron chi connectivity index (χ3n) is 4.18. The zero-order valence-electron chi connectivity index (χ0n) is 13.4. The molecule has 1 atom stereocenters. The lowest BCUT2D eigenvalue weighted by Crippen LogP contribution is -2.31. The maximum atomic E-state index is 12.4. The summed E-state index contributed by atoms with van der Waals surface area (Å²) in [5.41, 5.74) is 1.64. The summed E-state index contributed by atoms with van der Waals surface area (Å²) in [6.45, 7) is 2.63. The van der Waals surface area contributed by atoms with E-state index in [1.165, 1.54) is 11.3 Å². The fraction of sp³-hybridized carbons (Fsp3) is 0.412. The Morgan fingerprint density at radius 1 is 1.46 bits per heavy atom. The molecule has 0 bridgehead atoms. The molecule has 1 N–H and O–H groups in total. The fourth-order valence-electron chi connectivity index (χ4n) is 2.96. The van der Waals surface area contributed by atoms with Crippen molar-refractivity contribution in [3.8, 4) is 10.6 Å². The van der Waals surface area contributed by atoms with Crippen molar-refractivity contribution in [2.45, 2.75) is 12.8 Å². The first kappa shape index (κ1) is 17.7. The van der Waals surface area contributed by atoms with E-state index in [0.717, 1.165) is 42.3 Å². The topological polar surface area (TPSA) is 45.2 Å². The number of nitrogens with zero attached hydrogens (tertiary/aromatic N) is 2. The van der Waals surface area contributed by atoms with Gasteiger partial charge in [0.1, 0.15) is 5.01 Å². The van der Waals surface area contributed by atoms with E-state index >= 15 is 0 Å². The SMILES string of the molecule is CNCC1CCN(C(=O)Cc2csc(-c3ccc(Cl)cc3Cl)n2)C1. The normalized spacial score (nSPS) is 17.5. The van der Waals surface area contributed by atoms with Crippen LogP contribution < -0.4 is 5.32 Å². The molecule has 128 valence electrons. The van der Waals surface area contributed by atoms with Crippen molar-refractivity contribution in [1.82, 2.24) is 15.2 Å². The molecule has 2 aromatic rings. The van der Waals surface area contributed by atoms with Gasteiger partial charge in [0.15, 0.2) is 0 Å². The maximum Gasteiger partial charge on any atom is 0.228 e. The first-order valence-corrected chi connectivity index (χ1v) is 9.52. The number of hydrogen-bond donors (Lipinski definition) is 1. The van der Waals surface area contributed by atoms with Crippen LogP contribution in [0, 0.1) is 5.92 Å². The van der Waals surface area contributed by atoms with Gasteiger partial charge >= 0.3 is 0 Å². The second-order valence-corrected chi connectivity index (χ2v) is 7.70. The van der Waals surface area contributed by atoms with Crippen molar-refractivity contribution in [1.29, 1.82) is 0 Å². The quantitative estimate of drug-likeness (QED) is 0.855. The predicted molar refractivity (Wildman–Crippen MR) is 99.9 cm³/mol. The minimum absolute atomic E-state index is 0.146. The number of likely N-dealkylation sites (tertiary alicyclic amines) is 1. The summed E-state index contributed by atoms with van der Waals surface area (Å²) in [5.74, 6) is 0.700. The molecule has 0 saturated carbocycles. The van der Waals surface area contributed by atoms with Gasteiger partial charge < -0.3 is 10.2 Å². The summed E-state index contributed by atoms with van der Waals surface area (Å²) < 4.78 is 0. The fourth-order valence-corrected chi connectivity index (χ4v) is 4.37. The van der Waals surface area contributed by atoms with Gasteiger partial charge in [-0.3, -0.25) is 4.79 Å². The lowest BCUT2D eigenvalue weighted by atomic mass is 10.1. The zero-order chi connectivity index (χ0) is 17.1. The van der Waals surface area contributed by atoms with Crippen molar-refractivity contribution in [3.05, 3.63) is 39.3 Å². The minimum Gasteiger partial charge on any atom is -0.342 e. The van der Waals surface area contributed by atoms with Gasteiger partial charge in [0.2, 0.25) is 5.91 Å². The van der Waals surface area contributed by atoms with Gasteiger partial charge in [-0.05, 0) is 44.1 Å². The highest BCUT2D eigenvalue weighted by molar-refractivity contribution is 7.13. The summed E-state index contributed by atoms with van der Waals surface area (Å²) in [6, 6.07) is 5.36. The van der Waals surface area contributed by atoms with E-state index in [-0.39, 0.29) is 5.91 Å². The Bertz CT molecular complexity index is 734. The standard InChI is InChI=1S/C17H19Cl2N3OS/c1-20-8-11-4-5-22(9-11)16(23)7-13-10-24-17(21-13)14-3-2-12(18)6-15(14)19/h2-3,6,10-11,20H,4-5,7-9H2,1H3. The number of carbonyl (C=O) groups excluding carboxylic acids is 1. The van der Waals surface area contributed by atoms with Crippen LogP contribution in [0.5, 0.6) is 0 Å². The van der Waals surface area contributed by atoms with Crippen molar-refractivity contribution in [3.63, 3.8) is 0 Å². The molecule has 1 aliphatic rings. The molecular formula is C17H19Cl2N3OS. The Morgan fingerprint density at radius 2 is 2.29 bits per heavy atom. The number of thiazole rings is 1. The van der Waals surface area contributed by atoms with Crippen LogP contribution in [-0.2, 0) is 11.2 Å². The molecule has 0 spiro atoms. The van der Waals surface area contributed by atoms with Gasteiger partial charge in [-0.15, -0.1) is 11.3 Å². The van der Waals surface area contributed by atoms with Crippen LogP contribution in [0.3, 0.4) is 0 Å². The van der Waals surface area contributed by atoms with Crippen LogP contribution in [0.2, 0.25) is 10.0 Å². The number of halogens is 2. The van der Waals surface area contributed by atoms with Crippen LogP contribution in [-0.4, -0.2) is 42.5 Å². The second kappa shape index (κ2) is 7.83. The average Bonchev–Trinajstić information content (AvgIpc) is 3.17. The van der Waals surface area contributed by atoms with E-state index in [0.29, 0.717) is 22.4 Å². The number of benzene rings is 1. The molecule has 7 heteroatoms. The van der Waals surface area contributed by atoms with Crippen molar-refractivity contribution in [2.24, 2.45) is 5.92 Å². The smallest absolute Gasteiger partial charge is 0.228 e. The third kappa shape index (κ3) is 4.09. The van der Waals surface area contributed by atoms with E-state index in [9.17, 15) is 4.79 Å². The zero-order valence-corrected chi connectivity index (χ0v) is 15.7. The molecule has 3 rings (SSSR count). The molecule has 1 aliphatic heterocycles. The van der Waals surface area contributed by atoms with Gasteiger partial charge in [-0.2, -0.15) is 0 Å². The summed E-state index contributed by atoms with van der Waals surface area (Å²) in [5, 5.41) is 7.09. The highest BCUT2D eigenvalue weighted by Crippen LogP contribution is 2.32. The lowest BCUT2D eigenvalue weighted by Gasteiger charge is -2.15. The molecule has 1 amide bonds. The summed E-state index contributed by atoms with van der Waals surface area (Å²) in [7, 11) is 1.95. The number of hydrogen-bond acceptors (Lipinski definition) is 4. The Morgan fingerprint density at radius 3 is 3.04 bits per heavy atom. The van der Waals surface area contributed by atoms with Crippen LogP contribution in [0.1, 0.15) is 12.1 Å². The Balaban J connectivity index is 1.65. The highest BCUT2D eigenvalue weighted by Gasteiger charge is 2.26. The number of amides is 1. The number of nitrogens with one attached hydrogen (secondary N) is 1. The monoisotopic (exact) mass is 383 g/mol. The van der Waals surface area contributed by atoms with Gasteiger partial charge in [-0.1, -0.05) is 23.2 Å². The molecule has 2 heterocycles. The van der Waals surface area contributed by atoms with E-state index in [1.54, 1.807) is 12.1 Å². The molecule has 0 aliphatic carbocycles. The molecule has 1 fully saturated rings. The summed E-state index contributed by atoms with van der Waals surface area (Å²) >= 11 is 13.7. The Kier molecular flexibility index (Phi) is 5.76. The van der Waals surface area contributed by atoms with Gasteiger partial charge in [-0.25, -0.2) is 4.98 Å². The second-order valence-electron chi connectivity index (χ2n) is 6.00. The average molecular weight is 384 g/mol. The van der Waals surface area contributed by atoms with E-state index in [1.807, 2.05) is 23.4 Å². The first-order chi connectivity index (χ1) is 11.6. The Labute approximate surface area is 155 Å². The van der Waals surface area contributed by atoms with Crippen LogP contribution in [0.15, 0.2) is 23.6 Å². The predicted octanol–water partition coefficient (Wildman–Crippen LogP) is 3.73. The van der Waals surface area contributed by atoms with E-state index < -0.39 is 0 Å². The maximum absolute atomic E-state index is 12.4. The molecule has 1 aromatic heterocycles. The molecule has 1 aromatic carbocycles. The number of rotatable bonds is 5. The summed E-state index contributed by atoms with van der Waals surface area (Å²) in [6.07, 6.45) is 1.41. The number of carbonyl (C=O) groups is 1. The molecule has 24 heavy (non-hydrogen) atoms. The van der Waals surface area contributed by atoms with Crippen LogP contribution >= 0.6 is 34.5 Å². The Hall–Kier alpha value is -1.14. The minimum atomic E-state index is 0.146. The molecule has 1 unspecified atom stereocenters. The van der Waals surface area contributed by atoms with Gasteiger partial charge in [0.25, 0.3) is 0 Å². The first-order valence-electron chi connectivity index (χ1n) is 7.89. The molecular weight excluding hydrogens is 365 g/mol. The molecule has 4 nitrogen and oxygen atoms in total. The largest absolute Gasteiger partial charge is 0.342 e. The molecule has 0 radical (unpaired) electrons. The molecule has 1 saturated heterocycles. The van der Waals surface area contributed by atoms with Crippen LogP contribution in [0.4, 0.5) is 0 Å².